The molecule has 1 aromatic rings. The van der Waals surface area contributed by atoms with E-state index >= 15 is 0 Å². The predicted molar refractivity (Wildman–Crippen MR) is 71.8 cm³/mol. The zero-order valence-electron chi connectivity index (χ0n) is 11.2. The minimum absolute atomic E-state index is 0.895. The fourth-order valence-corrected chi connectivity index (χ4v) is 2.39. The summed E-state index contributed by atoms with van der Waals surface area (Å²) in [5.41, 5.74) is 10.3. The third kappa shape index (κ3) is 2.78. The number of hydrogen-bond acceptors (Lipinski definition) is 3. The largest absolute Gasteiger partial charge is 0.398 e. The smallest absolute Gasteiger partial charge is 0.0593 e. The second-order valence-electron chi connectivity index (χ2n) is 5.42. The Morgan fingerprint density at radius 1 is 1.41 bits per heavy atom. The summed E-state index contributed by atoms with van der Waals surface area (Å²) in [7, 11) is 2.18. The number of aromatic nitrogens is 1. The van der Waals surface area contributed by atoms with Gasteiger partial charge in [-0.15, -0.1) is 0 Å². The number of pyridine rings is 1. The van der Waals surface area contributed by atoms with E-state index in [1.165, 1.54) is 25.8 Å². The molecule has 3 nitrogen and oxygen atoms in total. The topological polar surface area (TPSA) is 42.2 Å². The van der Waals surface area contributed by atoms with Gasteiger partial charge in [-0.2, -0.15) is 0 Å². The minimum Gasteiger partial charge on any atom is -0.398 e. The molecule has 0 aromatic carbocycles. The van der Waals surface area contributed by atoms with Gasteiger partial charge in [0.1, 0.15) is 0 Å². The van der Waals surface area contributed by atoms with Crippen molar-refractivity contribution in [1.29, 1.82) is 0 Å². The van der Waals surface area contributed by atoms with Crippen molar-refractivity contribution in [3.8, 4) is 0 Å². The average Bonchev–Trinajstić information content (AvgIpc) is 2.25. The molecule has 0 amide bonds. The maximum Gasteiger partial charge on any atom is 0.0593 e. The number of anilines is 1. The van der Waals surface area contributed by atoms with Crippen LogP contribution in [-0.4, -0.2) is 23.5 Å². The Morgan fingerprint density at radius 3 is 2.71 bits per heavy atom. The number of hydrogen-bond donors (Lipinski definition) is 1. The number of aryl methyl sites for hydroxylation is 1. The van der Waals surface area contributed by atoms with Crippen molar-refractivity contribution in [3.63, 3.8) is 0 Å². The summed E-state index contributed by atoms with van der Waals surface area (Å²) in [6, 6.07) is 0. The van der Waals surface area contributed by atoms with Gasteiger partial charge in [0.2, 0.25) is 0 Å². The van der Waals surface area contributed by atoms with Crippen LogP contribution in [0.15, 0.2) is 6.20 Å². The minimum atomic E-state index is 0.895. The van der Waals surface area contributed by atoms with Gasteiger partial charge >= 0.3 is 0 Å². The first-order chi connectivity index (χ1) is 8.08. The molecular weight excluding hydrogens is 210 g/mol. The Labute approximate surface area is 104 Å². The molecule has 1 aliphatic carbocycles. The fourth-order valence-electron chi connectivity index (χ4n) is 2.39. The van der Waals surface area contributed by atoms with Crippen molar-refractivity contribution >= 4 is 5.69 Å². The Balaban J connectivity index is 1.99. The number of rotatable bonds is 4. The molecular formula is C14H23N3. The van der Waals surface area contributed by atoms with Crippen molar-refractivity contribution in [2.45, 2.75) is 39.7 Å². The summed E-state index contributed by atoms with van der Waals surface area (Å²) >= 11 is 0. The van der Waals surface area contributed by atoms with Crippen LogP contribution in [0.4, 0.5) is 5.69 Å². The highest BCUT2D eigenvalue weighted by molar-refractivity contribution is 5.53. The quantitative estimate of drug-likeness (QED) is 0.869. The summed E-state index contributed by atoms with van der Waals surface area (Å²) in [6.45, 7) is 6.18. The molecule has 0 spiro atoms. The lowest BCUT2D eigenvalue weighted by atomic mass is 9.85. The second kappa shape index (κ2) is 5.05. The fraction of sp³-hybridized carbons (Fsp3) is 0.643. The first-order valence-corrected chi connectivity index (χ1v) is 6.47. The summed E-state index contributed by atoms with van der Waals surface area (Å²) < 4.78 is 0. The maximum absolute atomic E-state index is 6.04. The molecule has 1 aromatic heterocycles. The van der Waals surface area contributed by atoms with Crippen LogP contribution in [0.2, 0.25) is 0 Å². The van der Waals surface area contributed by atoms with Crippen LogP contribution in [0, 0.1) is 19.8 Å². The zero-order valence-corrected chi connectivity index (χ0v) is 11.2. The van der Waals surface area contributed by atoms with Gasteiger partial charge in [0.25, 0.3) is 0 Å². The van der Waals surface area contributed by atoms with E-state index in [0.717, 1.165) is 35.0 Å². The van der Waals surface area contributed by atoms with Crippen LogP contribution in [-0.2, 0) is 6.54 Å². The first kappa shape index (κ1) is 12.4. The molecule has 1 fully saturated rings. The van der Waals surface area contributed by atoms with E-state index in [4.69, 9.17) is 5.73 Å². The molecule has 0 saturated heterocycles. The lowest BCUT2D eigenvalue weighted by Crippen LogP contribution is -2.29. The average molecular weight is 233 g/mol. The lowest BCUT2D eigenvalue weighted by Gasteiger charge is -2.30. The number of nitrogens with two attached hydrogens (primary N) is 1. The van der Waals surface area contributed by atoms with Crippen LogP contribution in [0.1, 0.15) is 36.1 Å². The third-order valence-electron chi connectivity index (χ3n) is 3.89. The van der Waals surface area contributed by atoms with Crippen molar-refractivity contribution < 1.29 is 0 Å². The van der Waals surface area contributed by atoms with Gasteiger partial charge in [-0.25, -0.2) is 0 Å². The van der Waals surface area contributed by atoms with Crippen LogP contribution < -0.4 is 5.73 Å². The summed E-state index contributed by atoms with van der Waals surface area (Å²) in [5.74, 6) is 0.906. The van der Waals surface area contributed by atoms with Crippen LogP contribution in [0.5, 0.6) is 0 Å². The van der Waals surface area contributed by atoms with Crippen molar-refractivity contribution in [2.75, 3.05) is 19.3 Å². The van der Waals surface area contributed by atoms with Crippen molar-refractivity contribution in [2.24, 2.45) is 5.92 Å². The highest BCUT2D eigenvalue weighted by Crippen LogP contribution is 2.27. The zero-order chi connectivity index (χ0) is 12.4. The van der Waals surface area contributed by atoms with Gasteiger partial charge in [-0.3, -0.25) is 4.98 Å². The normalized spacial score (nSPS) is 16.2. The molecule has 0 bridgehead atoms. The molecule has 2 N–H and O–H groups in total. The summed E-state index contributed by atoms with van der Waals surface area (Å²) in [4.78, 5) is 6.88. The SMILES string of the molecule is Cc1cnc(CN(C)CC2CCC2)c(C)c1N. The van der Waals surface area contributed by atoms with E-state index < -0.39 is 0 Å². The van der Waals surface area contributed by atoms with Gasteiger partial charge in [0.05, 0.1) is 5.69 Å². The summed E-state index contributed by atoms with van der Waals surface area (Å²) in [5, 5.41) is 0. The van der Waals surface area contributed by atoms with E-state index in [0.29, 0.717) is 0 Å². The van der Waals surface area contributed by atoms with Crippen LogP contribution >= 0.6 is 0 Å². The van der Waals surface area contributed by atoms with E-state index in [2.05, 4.69) is 23.9 Å². The molecule has 1 heterocycles. The molecule has 0 aliphatic heterocycles. The maximum atomic E-state index is 6.04. The van der Waals surface area contributed by atoms with Crippen LogP contribution in [0.25, 0.3) is 0 Å². The van der Waals surface area contributed by atoms with Gasteiger partial charge < -0.3 is 10.6 Å². The molecule has 1 aliphatic rings. The molecule has 94 valence electrons. The van der Waals surface area contributed by atoms with Gasteiger partial charge in [-0.1, -0.05) is 6.42 Å². The Kier molecular flexibility index (Phi) is 3.67. The number of nitrogens with zero attached hydrogens (tertiary/aromatic N) is 2. The van der Waals surface area contributed by atoms with E-state index in [-0.39, 0.29) is 0 Å². The molecule has 0 atom stereocenters. The number of nitrogen functional groups attached to an aromatic ring is 1. The van der Waals surface area contributed by atoms with E-state index in [1.807, 2.05) is 13.1 Å². The van der Waals surface area contributed by atoms with E-state index in [1.54, 1.807) is 0 Å². The van der Waals surface area contributed by atoms with Gasteiger partial charge in [0, 0.05) is 25.0 Å². The molecule has 17 heavy (non-hydrogen) atoms. The highest BCUT2D eigenvalue weighted by atomic mass is 15.1. The monoisotopic (exact) mass is 233 g/mol. The van der Waals surface area contributed by atoms with Crippen molar-refractivity contribution in [3.05, 3.63) is 23.0 Å². The Morgan fingerprint density at radius 2 is 2.12 bits per heavy atom. The molecule has 2 rings (SSSR count). The lowest BCUT2D eigenvalue weighted by molar-refractivity contribution is 0.199. The predicted octanol–water partition coefficient (Wildman–Crippen LogP) is 2.51. The molecule has 3 heteroatoms. The summed E-state index contributed by atoms with van der Waals surface area (Å²) in [6.07, 6.45) is 6.09. The Hall–Kier alpha value is -1.09. The third-order valence-corrected chi connectivity index (χ3v) is 3.89. The standard InChI is InChI=1S/C14H23N3/c1-10-7-16-13(11(2)14(10)15)9-17(3)8-12-5-4-6-12/h7,12H,4-6,8-9H2,1-3H3,(H2,15,16). The highest BCUT2D eigenvalue weighted by Gasteiger charge is 2.19. The molecule has 1 saturated carbocycles. The first-order valence-electron chi connectivity index (χ1n) is 6.47. The molecule has 0 unspecified atom stereocenters. The van der Waals surface area contributed by atoms with Crippen LogP contribution in [0.3, 0.4) is 0 Å². The van der Waals surface area contributed by atoms with Crippen molar-refractivity contribution in [1.82, 2.24) is 9.88 Å². The van der Waals surface area contributed by atoms with E-state index in [9.17, 15) is 0 Å². The van der Waals surface area contributed by atoms with Gasteiger partial charge in [-0.05, 0) is 50.8 Å². The van der Waals surface area contributed by atoms with Gasteiger partial charge in [0.15, 0.2) is 0 Å². The second-order valence-corrected chi connectivity index (χ2v) is 5.42. The Bertz CT molecular complexity index is 397. The molecule has 0 radical (unpaired) electrons.